The molecule has 0 saturated carbocycles. The lowest BCUT2D eigenvalue weighted by atomic mass is 10.1. The molecule has 0 fully saturated rings. The summed E-state index contributed by atoms with van der Waals surface area (Å²) in [5.41, 5.74) is 4.09. The van der Waals surface area contributed by atoms with E-state index in [0.29, 0.717) is 12.1 Å². The number of aromatic carboxylic acids is 1. The molecule has 0 bridgehead atoms. The average Bonchev–Trinajstić information content (AvgIpc) is 2.73. The minimum atomic E-state index is -1.08. The number of hydrogen-bond donors (Lipinski definition) is 3. The van der Waals surface area contributed by atoms with Crippen molar-refractivity contribution in [2.45, 2.75) is 19.9 Å². The minimum Gasteiger partial charge on any atom is -0.478 e. The maximum Gasteiger partial charge on any atom is 0.337 e. The summed E-state index contributed by atoms with van der Waals surface area (Å²) in [6, 6.07) is 21.8. The van der Waals surface area contributed by atoms with Crippen molar-refractivity contribution in [1.82, 2.24) is 0 Å². The lowest BCUT2D eigenvalue weighted by Gasteiger charge is -2.12. The van der Waals surface area contributed by atoms with Crippen LogP contribution in [-0.2, 0) is 13.0 Å². The highest BCUT2D eigenvalue weighted by Gasteiger charge is 2.13. The lowest BCUT2D eigenvalue weighted by Crippen LogP contribution is -2.15. The van der Waals surface area contributed by atoms with Gasteiger partial charge in [-0.25, -0.2) is 4.79 Å². The van der Waals surface area contributed by atoms with Crippen molar-refractivity contribution < 1.29 is 14.7 Å². The van der Waals surface area contributed by atoms with Gasteiger partial charge in [-0.05, 0) is 47.9 Å². The molecule has 1 amide bonds. The molecule has 3 aromatic carbocycles. The second-order valence-electron chi connectivity index (χ2n) is 6.37. The number of nitrogens with one attached hydrogen (secondary N) is 2. The number of carboxylic acid groups (broad SMARTS) is 1. The molecular formula is C23H22N2O3. The number of carbonyl (C=O) groups excluding carboxylic acids is 1. The van der Waals surface area contributed by atoms with E-state index < -0.39 is 5.97 Å². The van der Waals surface area contributed by atoms with Gasteiger partial charge in [-0.2, -0.15) is 0 Å². The van der Waals surface area contributed by atoms with Crippen LogP contribution in [0.25, 0.3) is 0 Å². The Kier molecular flexibility index (Phi) is 6.07. The van der Waals surface area contributed by atoms with Crippen LogP contribution in [0.1, 0.15) is 38.8 Å². The summed E-state index contributed by atoms with van der Waals surface area (Å²) in [5, 5.41) is 15.4. The maximum atomic E-state index is 12.6. The van der Waals surface area contributed by atoms with Crippen molar-refractivity contribution in [1.29, 1.82) is 0 Å². The number of benzene rings is 3. The molecule has 0 aliphatic rings. The molecule has 0 atom stereocenters. The molecule has 3 rings (SSSR count). The number of hydrogen-bond acceptors (Lipinski definition) is 3. The number of carbonyl (C=O) groups is 2. The third-order valence-corrected chi connectivity index (χ3v) is 4.48. The maximum absolute atomic E-state index is 12.6. The number of carboxylic acids is 1. The van der Waals surface area contributed by atoms with E-state index in [1.165, 1.54) is 11.6 Å². The average molecular weight is 374 g/mol. The van der Waals surface area contributed by atoms with Gasteiger partial charge in [0.1, 0.15) is 0 Å². The number of rotatable bonds is 7. The third kappa shape index (κ3) is 4.57. The Morgan fingerprint density at radius 1 is 0.893 bits per heavy atom. The quantitative estimate of drug-likeness (QED) is 0.554. The summed E-state index contributed by atoms with van der Waals surface area (Å²) < 4.78 is 0. The third-order valence-electron chi connectivity index (χ3n) is 4.48. The molecule has 0 unspecified atom stereocenters. The second-order valence-corrected chi connectivity index (χ2v) is 6.37. The Bertz CT molecular complexity index is 998. The zero-order valence-electron chi connectivity index (χ0n) is 15.6. The molecule has 0 saturated heterocycles. The zero-order chi connectivity index (χ0) is 19.9. The second kappa shape index (κ2) is 8.86. The summed E-state index contributed by atoms with van der Waals surface area (Å²) >= 11 is 0. The van der Waals surface area contributed by atoms with Gasteiger partial charge in [-0.15, -0.1) is 0 Å². The Labute approximate surface area is 164 Å². The molecular weight excluding hydrogens is 352 g/mol. The first kappa shape index (κ1) is 19.2. The van der Waals surface area contributed by atoms with Gasteiger partial charge in [0, 0.05) is 17.8 Å². The molecule has 0 aliphatic carbocycles. The Balaban J connectivity index is 1.72. The minimum absolute atomic E-state index is 0.0600. The molecule has 0 aromatic heterocycles. The summed E-state index contributed by atoms with van der Waals surface area (Å²) in [6.45, 7) is 2.70. The molecule has 5 nitrogen and oxygen atoms in total. The van der Waals surface area contributed by atoms with Gasteiger partial charge in [0.05, 0.1) is 11.3 Å². The van der Waals surface area contributed by atoms with E-state index in [1.807, 2.05) is 30.3 Å². The first-order chi connectivity index (χ1) is 13.6. The van der Waals surface area contributed by atoms with Crippen LogP contribution >= 0.6 is 0 Å². The molecule has 0 heterocycles. The van der Waals surface area contributed by atoms with E-state index in [0.717, 1.165) is 17.7 Å². The summed E-state index contributed by atoms with van der Waals surface area (Å²) in [7, 11) is 0. The van der Waals surface area contributed by atoms with Crippen LogP contribution in [-0.4, -0.2) is 17.0 Å². The van der Waals surface area contributed by atoms with E-state index in [9.17, 15) is 14.7 Å². The smallest absolute Gasteiger partial charge is 0.337 e. The van der Waals surface area contributed by atoms with Crippen LogP contribution in [0.3, 0.4) is 0 Å². The van der Waals surface area contributed by atoms with E-state index in [1.54, 1.807) is 30.3 Å². The van der Waals surface area contributed by atoms with Gasteiger partial charge in [0.25, 0.3) is 5.91 Å². The topological polar surface area (TPSA) is 78.4 Å². The van der Waals surface area contributed by atoms with Gasteiger partial charge in [-0.3, -0.25) is 4.79 Å². The first-order valence-electron chi connectivity index (χ1n) is 9.13. The van der Waals surface area contributed by atoms with Crippen molar-refractivity contribution in [3.05, 3.63) is 95.1 Å². The molecule has 0 spiro atoms. The number of anilines is 2. The van der Waals surface area contributed by atoms with Crippen LogP contribution in [0.15, 0.2) is 72.8 Å². The van der Waals surface area contributed by atoms with Crippen LogP contribution in [0.2, 0.25) is 0 Å². The monoisotopic (exact) mass is 374 g/mol. The predicted molar refractivity (Wildman–Crippen MR) is 111 cm³/mol. The predicted octanol–water partition coefficient (Wildman–Crippen LogP) is 4.81. The van der Waals surface area contributed by atoms with Crippen molar-refractivity contribution in [2.75, 3.05) is 10.6 Å². The van der Waals surface area contributed by atoms with Crippen LogP contribution in [0, 0.1) is 0 Å². The van der Waals surface area contributed by atoms with Crippen molar-refractivity contribution in [3.63, 3.8) is 0 Å². The van der Waals surface area contributed by atoms with E-state index in [4.69, 9.17) is 0 Å². The molecule has 142 valence electrons. The number of para-hydroxylation sites is 2. The van der Waals surface area contributed by atoms with E-state index in [-0.39, 0.29) is 17.2 Å². The Morgan fingerprint density at radius 2 is 1.61 bits per heavy atom. The van der Waals surface area contributed by atoms with E-state index in [2.05, 4.69) is 23.6 Å². The number of aryl methyl sites for hydroxylation is 1. The summed E-state index contributed by atoms with van der Waals surface area (Å²) in [4.78, 5) is 23.9. The summed E-state index contributed by atoms with van der Waals surface area (Å²) in [6.07, 6.45) is 0.939. The summed E-state index contributed by atoms with van der Waals surface area (Å²) in [5.74, 6) is -1.42. The van der Waals surface area contributed by atoms with Gasteiger partial charge < -0.3 is 15.7 Å². The van der Waals surface area contributed by atoms with Crippen molar-refractivity contribution >= 4 is 23.3 Å². The van der Waals surface area contributed by atoms with Gasteiger partial charge in [0.15, 0.2) is 0 Å². The fraction of sp³-hybridized carbons (Fsp3) is 0.130. The lowest BCUT2D eigenvalue weighted by molar-refractivity contribution is 0.0698. The Morgan fingerprint density at radius 3 is 2.36 bits per heavy atom. The van der Waals surface area contributed by atoms with Gasteiger partial charge in [-0.1, -0.05) is 49.4 Å². The first-order valence-corrected chi connectivity index (χ1v) is 9.13. The normalized spacial score (nSPS) is 10.3. The van der Waals surface area contributed by atoms with Crippen LogP contribution in [0.5, 0.6) is 0 Å². The molecule has 3 N–H and O–H groups in total. The molecule has 5 heteroatoms. The van der Waals surface area contributed by atoms with Crippen LogP contribution < -0.4 is 10.6 Å². The molecule has 3 aromatic rings. The largest absolute Gasteiger partial charge is 0.478 e. The molecule has 28 heavy (non-hydrogen) atoms. The van der Waals surface area contributed by atoms with E-state index >= 15 is 0 Å². The van der Waals surface area contributed by atoms with Gasteiger partial charge in [0.2, 0.25) is 0 Å². The fourth-order valence-corrected chi connectivity index (χ4v) is 2.99. The van der Waals surface area contributed by atoms with Gasteiger partial charge >= 0.3 is 5.97 Å². The molecule has 0 radical (unpaired) electrons. The highest BCUT2D eigenvalue weighted by atomic mass is 16.4. The standard InChI is InChI=1S/C23H22N2O3/c1-2-17-9-3-5-12-20(17)24-15-16-8-7-10-18(14-16)22(26)25-21-13-6-4-11-19(21)23(27)28/h3-14,24H,2,15H2,1H3,(H,25,26)(H,27,28). The molecule has 0 aliphatic heterocycles. The van der Waals surface area contributed by atoms with Crippen molar-refractivity contribution in [3.8, 4) is 0 Å². The highest BCUT2D eigenvalue weighted by Crippen LogP contribution is 2.19. The number of amides is 1. The highest BCUT2D eigenvalue weighted by molar-refractivity contribution is 6.07. The Hall–Kier alpha value is -3.60. The fourth-order valence-electron chi connectivity index (χ4n) is 2.99. The van der Waals surface area contributed by atoms with Crippen LogP contribution in [0.4, 0.5) is 11.4 Å². The SMILES string of the molecule is CCc1ccccc1NCc1cccc(C(=O)Nc2ccccc2C(=O)O)c1. The zero-order valence-corrected chi connectivity index (χ0v) is 15.6. The van der Waals surface area contributed by atoms with Crippen molar-refractivity contribution in [2.24, 2.45) is 0 Å².